The van der Waals surface area contributed by atoms with Crippen molar-refractivity contribution in [1.82, 2.24) is 0 Å². The van der Waals surface area contributed by atoms with E-state index < -0.39 is 0 Å². The minimum absolute atomic E-state index is 0.139. The first-order valence-electron chi connectivity index (χ1n) is 7.96. The number of carbonyl (C=O) groups excluding carboxylic acids is 1. The molecule has 2 aromatic carbocycles. The second-order valence-electron chi connectivity index (χ2n) is 5.57. The lowest BCUT2D eigenvalue weighted by Crippen LogP contribution is -2.27. The van der Waals surface area contributed by atoms with Gasteiger partial charge in [-0.05, 0) is 48.5 Å². The van der Waals surface area contributed by atoms with Gasteiger partial charge in [-0.2, -0.15) is 0 Å². The number of hydrogen-bond donors (Lipinski definition) is 0. The largest absolute Gasteiger partial charge is 0.450 e. The van der Waals surface area contributed by atoms with Gasteiger partial charge in [0.2, 0.25) is 0 Å². The number of hydrogen-bond acceptors (Lipinski definition) is 5. The Morgan fingerprint density at radius 2 is 1.78 bits per heavy atom. The molecule has 1 aliphatic heterocycles. The summed E-state index contributed by atoms with van der Waals surface area (Å²) in [5.74, 6) is 0.472. The van der Waals surface area contributed by atoms with Crippen LogP contribution < -0.4 is 4.90 Å². The van der Waals surface area contributed by atoms with Gasteiger partial charge >= 0.3 is 0 Å². The smallest absolute Gasteiger partial charge is 0.270 e. The summed E-state index contributed by atoms with van der Waals surface area (Å²) in [5, 5.41) is 1.43. The zero-order valence-corrected chi connectivity index (χ0v) is 17.0. The number of para-hydroxylation sites is 1. The molecule has 0 atom stereocenters. The van der Waals surface area contributed by atoms with Crippen molar-refractivity contribution < 1.29 is 9.21 Å². The Hall–Kier alpha value is -1.99. The highest BCUT2D eigenvalue weighted by Gasteiger charge is 2.33. The van der Waals surface area contributed by atoms with E-state index in [-0.39, 0.29) is 5.91 Å². The number of thiocarbonyl (C=S) groups is 1. The van der Waals surface area contributed by atoms with E-state index in [1.54, 1.807) is 6.08 Å². The number of amides is 1. The maximum atomic E-state index is 12.7. The van der Waals surface area contributed by atoms with Gasteiger partial charge in [-0.15, -0.1) is 0 Å². The molecule has 0 bridgehead atoms. The van der Waals surface area contributed by atoms with Crippen molar-refractivity contribution >= 4 is 69.3 Å². The predicted octanol–water partition coefficient (Wildman–Crippen LogP) is 6.49. The van der Waals surface area contributed by atoms with Crippen molar-refractivity contribution in [3.05, 3.63) is 82.4 Å². The third-order valence-electron chi connectivity index (χ3n) is 3.72. The standard InChI is InChI=1S/C20H12ClNO2S3/c21-13-6-9-16(10-7-13)26-18-11-8-15(24-18)12-17-19(23)22(20(25)27-17)14-4-2-1-3-5-14/h1-12H/b17-12+. The van der Waals surface area contributed by atoms with Crippen LogP contribution in [0.25, 0.3) is 6.08 Å². The van der Waals surface area contributed by atoms with E-state index in [1.165, 1.54) is 28.4 Å². The number of benzene rings is 2. The highest BCUT2D eigenvalue weighted by Crippen LogP contribution is 2.37. The van der Waals surface area contributed by atoms with Crippen LogP contribution in [0.1, 0.15) is 5.76 Å². The molecule has 0 N–H and O–H groups in total. The molecular formula is C20H12ClNO2S3. The monoisotopic (exact) mass is 429 g/mol. The molecule has 1 aliphatic rings. The number of anilines is 1. The molecule has 3 nitrogen and oxygen atoms in total. The summed E-state index contributed by atoms with van der Waals surface area (Å²) >= 11 is 14.0. The molecule has 3 aromatic rings. The number of rotatable bonds is 4. The Kier molecular flexibility index (Phi) is 5.41. The third-order valence-corrected chi connectivity index (χ3v) is 6.20. The van der Waals surface area contributed by atoms with Gasteiger partial charge in [-0.25, -0.2) is 0 Å². The summed E-state index contributed by atoms with van der Waals surface area (Å²) in [6.45, 7) is 0. The van der Waals surface area contributed by atoms with Gasteiger partial charge in [0.15, 0.2) is 9.41 Å². The summed E-state index contributed by atoms with van der Waals surface area (Å²) < 4.78 is 6.34. The molecule has 1 amide bonds. The molecule has 0 saturated carbocycles. The van der Waals surface area contributed by atoms with Gasteiger partial charge in [-0.3, -0.25) is 9.69 Å². The highest BCUT2D eigenvalue weighted by molar-refractivity contribution is 8.27. The number of carbonyl (C=O) groups is 1. The molecule has 134 valence electrons. The lowest BCUT2D eigenvalue weighted by atomic mass is 10.3. The quantitative estimate of drug-likeness (QED) is 0.349. The van der Waals surface area contributed by atoms with Crippen LogP contribution in [0, 0.1) is 0 Å². The summed E-state index contributed by atoms with van der Waals surface area (Å²) in [6.07, 6.45) is 1.73. The zero-order valence-electron chi connectivity index (χ0n) is 13.8. The average Bonchev–Trinajstić information content (AvgIpc) is 3.22. The summed E-state index contributed by atoms with van der Waals surface area (Å²) in [6, 6.07) is 20.6. The van der Waals surface area contributed by atoms with Crippen LogP contribution in [0.15, 0.2) is 86.0 Å². The van der Waals surface area contributed by atoms with Gasteiger partial charge in [0.25, 0.3) is 5.91 Å². The van der Waals surface area contributed by atoms with Gasteiger partial charge < -0.3 is 4.42 Å². The first-order chi connectivity index (χ1) is 13.1. The first kappa shape index (κ1) is 18.4. The summed E-state index contributed by atoms with van der Waals surface area (Å²) in [5.41, 5.74) is 0.766. The van der Waals surface area contributed by atoms with E-state index in [0.717, 1.165) is 15.7 Å². The lowest BCUT2D eigenvalue weighted by Gasteiger charge is -2.13. The second kappa shape index (κ2) is 7.94. The van der Waals surface area contributed by atoms with Crippen LogP contribution >= 0.6 is 47.3 Å². The van der Waals surface area contributed by atoms with Gasteiger partial charge in [0.1, 0.15) is 5.76 Å². The second-order valence-corrected chi connectivity index (χ2v) is 8.76. The van der Waals surface area contributed by atoms with Crippen LogP contribution in [-0.2, 0) is 4.79 Å². The fraction of sp³-hybridized carbons (Fsp3) is 0. The molecule has 0 radical (unpaired) electrons. The Morgan fingerprint density at radius 3 is 2.52 bits per heavy atom. The minimum atomic E-state index is -0.139. The molecule has 1 saturated heterocycles. The summed E-state index contributed by atoms with van der Waals surface area (Å²) in [4.78, 5) is 15.8. The zero-order chi connectivity index (χ0) is 18.8. The van der Waals surface area contributed by atoms with Gasteiger partial charge in [-0.1, -0.05) is 65.5 Å². The topological polar surface area (TPSA) is 33.5 Å². The Morgan fingerprint density at radius 1 is 1.04 bits per heavy atom. The molecular weight excluding hydrogens is 418 g/mol. The van der Waals surface area contributed by atoms with E-state index in [9.17, 15) is 4.79 Å². The van der Waals surface area contributed by atoms with Gasteiger partial charge in [0, 0.05) is 16.0 Å². The average molecular weight is 430 g/mol. The number of halogens is 1. The predicted molar refractivity (Wildman–Crippen MR) is 116 cm³/mol. The maximum Gasteiger partial charge on any atom is 0.270 e. The van der Waals surface area contributed by atoms with E-state index in [1.807, 2.05) is 66.7 Å². The fourth-order valence-corrected chi connectivity index (χ4v) is 4.67. The van der Waals surface area contributed by atoms with Crippen molar-refractivity contribution in [1.29, 1.82) is 0 Å². The highest BCUT2D eigenvalue weighted by atomic mass is 35.5. The molecule has 4 rings (SSSR count). The molecule has 0 spiro atoms. The molecule has 1 fully saturated rings. The third kappa shape index (κ3) is 4.14. The van der Waals surface area contributed by atoms with Crippen LogP contribution in [0.2, 0.25) is 5.02 Å². The van der Waals surface area contributed by atoms with Crippen molar-refractivity contribution in [2.24, 2.45) is 0 Å². The number of nitrogens with zero attached hydrogens (tertiary/aromatic N) is 1. The number of thioether (sulfide) groups is 1. The van der Waals surface area contributed by atoms with Crippen LogP contribution in [0.5, 0.6) is 0 Å². The molecule has 1 aromatic heterocycles. The number of furan rings is 1. The molecule has 27 heavy (non-hydrogen) atoms. The van der Waals surface area contributed by atoms with Crippen LogP contribution in [-0.4, -0.2) is 10.2 Å². The van der Waals surface area contributed by atoms with E-state index in [4.69, 9.17) is 28.2 Å². The van der Waals surface area contributed by atoms with Crippen molar-refractivity contribution in [3.63, 3.8) is 0 Å². The van der Waals surface area contributed by atoms with E-state index in [0.29, 0.717) is 20.0 Å². The minimum Gasteiger partial charge on any atom is -0.450 e. The van der Waals surface area contributed by atoms with Gasteiger partial charge in [0.05, 0.1) is 10.6 Å². The van der Waals surface area contributed by atoms with E-state index >= 15 is 0 Å². The van der Waals surface area contributed by atoms with Crippen molar-refractivity contribution in [3.8, 4) is 0 Å². The Labute approximate surface area is 175 Å². The molecule has 2 heterocycles. The van der Waals surface area contributed by atoms with Crippen molar-refractivity contribution in [2.75, 3.05) is 4.90 Å². The summed E-state index contributed by atoms with van der Waals surface area (Å²) in [7, 11) is 0. The Bertz CT molecular complexity index is 1030. The van der Waals surface area contributed by atoms with Crippen molar-refractivity contribution in [2.45, 2.75) is 9.99 Å². The lowest BCUT2D eigenvalue weighted by molar-refractivity contribution is -0.113. The van der Waals surface area contributed by atoms with Crippen LogP contribution in [0.4, 0.5) is 5.69 Å². The first-order valence-corrected chi connectivity index (χ1v) is 10.4. The molecule has 0 aliphatic carbocycles. The van der Waals surface area contributed by atoms with E-state index in [2.05, 4.69) is 0 Å². The fourth-order valence-electron chi connectivity index (χ4n) is 2.48. The molecule has 7 heteroatoms. The maximum absolute atomic E-state index is 12.7. The normalized spacial score (nSPS) is 15.7. The SMILES string of the molecule is O=C1/C(=C\c2ccc(Sc3ccc(Cl)cc3)o2)SC(=S)N1c1ccccc1. The molecule has 0 unspecified atom stereocenters. The van der Waals surface area contributed by atoms with Crippen LogP contribution in [0.3, 0.4) is 0 Å². The Balaban J connectivity index is 1.52.